The van der Waals surface area contributed by atoms with Gasteiger partial charge in [-0.3, -0.25) is 4.40 Å². The summed E-state index contributed by atoms with van der Waals surface area (Å²) in [5.41, 5.74) is 1.86. The molecule has 3 aromatic heterocycles. The maximum atomic E-state index is 12.4. The third-order valence-electron chi connectivity index (χ3n) is 6.25. The highest BCUT2D eigenvalue weighted by Crippen LogP contribution is 2.43. The van der Waals surface area contributed by atoms with E-state index >= 15 is 0 Å². The monoisotopic (exact) mass is 417 g/mol. The number of rotatable bonds is 6. The van der Waals surface area contributed by atoms with E-state index in [1.165, 1.54) is 6.20 Å². The summed E-state index contributed by atoms with van der Waals surface area (Å²) in [6, 6.07) is 1.70. The number of fused-ring (bicyclic) bond motifs is 3. The van der Waals surface area contributed by atoms with Gasteiger partial charge >= 0.3 is 5.97 Å². The van der Waals surface area contributed by atoms with Crippen molar-refractivity contribution in [2.45, 2.75) is 56.2 Å². The van der Waals surface area contributed by atoms with Gasteiger partial charge in [0.05, 0.1) is 22.5 Å². The lowest BCUT2D eigenvalue weighted by Gasteiger charge is -2.16. The van der Waals surface area contributed by atoms with Gasteiger partial charge in [-0.2, -0.15) is 0 Å². The maximum Gasteiger partial charge on any atom is 0.356 e. The first-order chi connectivity index (χ1) is 13.9. The highest BCUT2D eigenvalue weighted by molar-refractivity contribution is 7.90. The van der Waals surface area contributed by atoms with E-state index < -0.39 is 16.0 Å². The van der Waals surface area contributed by atoms with Crippen molar-refractivity contribution in [3.05, 3.63) is 30.0 Å². The Bertz CT molecular complexity index is 1210. The standard InChI is InChI=1S/C19H23N5O4S/c1-2-10-7-11(23-29(27,28)12-3-4-12)8-13(10)18-22-16(19(25)26)15-9-21-17-14(24(15)18)5-6-20-17/h5-6,9-13,20,23H,2-4,7-8H2,1H3,(H,25,26)/t10-,11+,13-/m1/s1. The highest BCUT2D eigenvalue weighted by atomic mass is 32.2. The first kappa shape index (κ1) is 18.6. The fourth-order valence-corrected chi connectivity index (χ4v) is 6.29. The fourth-order valence-electron chi connectivity index (χ4n) is 4.69. The molecule has 154 valence electrons. The summed E-state index contributed by atoms with van der Waals surface area (Å²) in [7, 11) is -3.27. The molecule has 29 heavy (non-hydrogen) atoms. The molecule has 3 N–H and O–H groups in total. The molecule has 2 aliphatic rings. The second kappa shape index (κ2) is 6.53. The minimum absolute atomic E-state index is 0.0209. The lowest BCUT2D eigenvalue weighted by molar-refractivity contribution is 0.0693. The van der Waals surface area contributed by atoms with Gasteiger partial charge < -0.3 is 10.1 Å². The Labute approximate surface area is 167 Å². The molecule has 3 heterocycles. The molecule has 2 fully saturated rings. The number of carboxylic acid groups (broad SMARTS) is 1. The van der Waals surface area contributed by atoms with Crippen molar-refractivity contribution in [2.24, 2.45) is 5.92 Å². The van der Waals surface area contributed by atoms with Gasteiger partial charge in [-0.1, -0.05) is 13.3 Å². The van der Waals surface area contributed by atoms with Gasteiger partial charge in [-0.15, -0.1) is 0 Å². The van der Waals surface area contributed by atoms with Crippen molar-refractivity contribution in [1.82, 2.24) is 24.1 Å². The normalized spacial score (nSPS) is 25.2. The van der Waals surface area contributed by atoms with E-state index in [4.69, 9.17) is 0 Å². The van der Waals surface area contributed by atoms with E-state index in [1.807, 2.05) is 10.5 Å². The van der Waals surface area contributed by atoms with Crippen molar-refractivity contribution in [3.63, 3.8) is 0 Å². The summed E-state index contributed by atoms with van der Waals surface area (Å²) in [6.45, 7) is 2.08. The Morgan fingerprint density at radius 2 is 2.14 bits per heavy atom. The molecule has 0 aromatic carbocycles. The van der Waals surface area contributed by atoms with Crippen molar-refractivity contribution in [2.75, 3.05) is 0 Å². The van der Waals surface area contributed by atoms with Gasteiger partial charge in [0.1, 0.15) is 5.82 Å². The Morgan fingerprint density at radius 3 is 2.83 bits per heavy atom. The van der Waals surface area contributed by atoms with Crippen LogP contribution in [-0.2, 0) is 10.0 Å². The quantitative estimate of drug-likeness (QED) is 0.564. The summed E-state index contributed by atoms with van der Waals surface area (Å²) in [5.74, 6) is -0.240. The smallest absolute Gasteiger partial charge is 0.356 e. The minimum atomic E-state index is -3.27. The molecular weight excluding hydrogens is 394 g/mol. The third kappa shape index (κ3) is 3.01. The van der Waals surface area contributed by atoms with Crippen LogP contribution in [0.3, 0.4) is 0 Å². The Balaban J connectivity index is 1.58. The van der Waals surface area contributed by atoms with Crippen molar-refractivity contribution in [3.8, 4) is 0 Å². The molecule has 2 aliphatic carbocycles. The van der Waals surface area contributed by atoms with Crippen molar-refractivity contribution >= 4 is 32.7 Å². The molecule has 5 rings (SSSR count). The van der Waals surface area contributed by atoms with E-state index in [-0.39, 0.29) is 28.8 Å². The van der Waals surface area contributed by atoms with Crippen LogP contribution in [0.1, 0.15) is 61.3 Å². The molecule has 2 saturated carbocycles. The number of nitrogens with one attached hydrogen (secondary N) is 2. The zero-order valence-electron chi connectivity index (χ0n) is 16.0. The molecule has 3 aromatic rings. The van der Waals surface area contributed by atoms with Crippen LogP contribution in [0, 0.1) is 5.92 Å². The van der Waals surface area contributed by atoms with Gasteiger partial charge in [0, 0.05) is 18.2 Å². The van der Waals surface area contributed by atoms with Crippen LogP contribution >= 0.6 is 0 Å². The number of hydrogen-bond acceptors (Lipinski definition) is 5. The molecule has 0 bridgehead atoms. The molecule has 3 atom stereocenters. The van der Waals surface area contributed by atoms with Gasteiger partial charge in [0.15, 0.2) is 11.3 Å². The van der Waals surface area contributed by atoms with E-state index in [1.54, 1.807) is 6.20 Å². The van der Waals surface area contributed by atoms with Crippen LogP contribution in [0.15, 0.2) is 18.5 Å². The van der Waals surface area contributed by atoms with Gasteiger partial charge in [0.2, 0.25) is 10.0 Å². The lowest BCUT2D eigenvalue weighted by atomic mass is 9.93. The van der Waals surface area contributed by atoms with Crippen LogP contribution in [0.2, 0.25) is 0 Å². The number of aromatic carboxylic acids is 1. The van der Waals surface area contributed by atoms with Crippen LogP contribution in [0.25, 0.3) is 16.7 Å². The predicted molar refractivity (Wildman–Crippen MR) is 106 cm³/mol. The number of aromatic nitrogens is 4. The number of sulfonamides is 1. The first-order valence-electron chi connectivity index (χ1n) is 9.98. The largest absolute Gasteiger partial charge is 0.476 e. The SMILES string of the molecule is CC[C@@H]1C[C@H](NS(=O)(=O)C2CC2)C[C@H]1c1nc(C(=O)O)c2cnc3[nH]ccc3n12. The summed E-state index contributed by atoms with van der Waals surface area (Å²) in [6.07, 6.45) is 6.96. The van der Waals surface area contributed by atoms with E-state index in [0.717, 1.165) is 31.2 Å². The topological polar surface area (TPSA) is 129 Å². The second-order valence-corrected chi connectivity index (χ2v) is 10.1. The molecule has 9 nitrogen and oxygen atoms in total. The molecule has 0 aliphatic heterocycles. The van der Waals surface area contributed by atoms with Crippen LogP contribution in [0.4, 0.5) is 0 Å². The third-order valence-corrected chi connectivity index (χ3v) is 8.26. The zero-order chi connectivity index (χ0) is 20.3. The van der Waals surface area contributed by atoms with E-state index in [2.05, 4.69) is 26.6 Å². The summed E-state index contributed by atoms with van der Waals surface area (Å²) < 4.78 is 29.6. The maximum absolute atomic E-state index is 12.4. The first-order valence-corrected chi connectivity index (χ1v) is 11.5. The number of H-pyrrole nitrogens is 1. The van der Waals surface area contributed by atoms with Crippen molar-refractivity contribution < 1.29 is 18.3 Å². The number of carbonyl (C=O) groups is 1. The number of carboxylic acids is 1. The average molecular weight is 417 g/mol. The lowest BCUT2D eigenvalue weighted by Crippen LogP contribution is -2.35. The summed E-state index contributed by atoms with van der Waals surface area (Å²) in [4.78, 5) is 23.7. The summed E-state index contributed by atoms with van der Waals surface area (Å²) >= 11 is 0. The molecule has 0 amide bonds. The number of nitrogens with zero attached hydrogens (tertiary/aromatic N) is 3. The van der Waals surface area contributed by atoms with Gasteiger partial charge in [-0.25, -0.2) is 27.9 Å². The van der Waals surface area contributed by atoms with Gasteiger partial charge in [-0.05, 0) is 37.7 Å². The van der Waals surface area contributed by atoms with E-state index in [0.29, 0.717) is 23.4 Å². The van der Waals surface area contributed by atoms with Crippen LogP contribution < -0.4 is 4.72 Å². The number of aromatic amines is 1. The number of imidazole rings is 1. The van der Waals surface area contributed by atoms with Crippen molar-refractivity contribution in [1.29, 1.82) is 0 Å². The fraction of sp³-hybridized carbons (Fsp3) is 0.526. The second-order valence-electron chi connectivity index (χ2n) is 8.12. The molecule has 0 radical (unpaired) electrons. The van der Waals surface area contributed by atoms with E-state index in [9.17, 15) is 18.3 Å². The zero-order valence-corrected chi connectivity index (χ0v) is 16.8. The van der Waals surface area contributed by atoms with Gasteiger partial charge in [0.25, 0.3) is 0 Å². The minimum Gasteiger partial charge on any atom is -0.476 e. The summed E-state index contributed by atoms with van der Waals surface area (Å²) in [5, 5.41) is 9.40. The molecule has 0 saturated heterocycles. The average Bonchev–Trinajstić information content (AvgIpc) is 3.14. The molecule has 0 spiro atoms. The van der Waals surface area contributed by atoms with Crippen LogP contribution in [0.5, 0.6) is 0 Å². The number of hydrogen-bond donors (Lipinski definition) is 3. The molecule has 0 unspecified atom stereocenters. The Hall–Kier alpha value is -2.46. The van der Waals surface area contributed by atoms with Crippen LogP contribution in [-0.4, -0.2) is 50.1 Å². The predicted octanol–water partition coefficient (Wildman–Crippen LogP) is 2.26. The highest BCUT2D eigenvalue weighted by Gasteiger charge is 2.42. The molecule has 10 heteroatoms. The Kier molecular flexibility index (Phi) is 4.18. The molecular formula is C19H23N5O4S. The Morgan fingerprint density at radius 1 is 1.34 bits per heavy atom.